The Morgan fingerprint density at radius 1 is 1.14 bits per heavy atom. The van der Waals surface area contributed by atoms with E-state index in [9.17, 15) is 0 Å². The fourth-order valence-corrected chi connectivity index (χ4v) is 2.07. The lowest BCUT2D eigenvalue weighted by Gasteiger charge is -2.09. The second kappa shape index (κ2) is 8.08. The van der Waals surface area contributed by atoms with Gasteiger partial charge in [-0.05, 0) is 36.7 Å². The highest BCUT2D eigenvalue weighted by Gasteiger charge is 2.02. The maximum absolute atomic E-state index is 9.07. The molecule has 0 bridgehead atoms. The van der Waals surface area contributed by atoms with Gasteiger partial charge in [-0.25, -0.2) is 0 Å². The first kappa shape index (κ1) is 15.1. The van der Waals surface area contributed by atoms with Crippen molar-refractivity contribution in [1.29, 1.82) is 5.26 Å². The molecule has 2 aromatic carbocycles. The third-order valence-corrected chi connectivity index (χ3v) is 3.19. The Hall–Kier alpha value is -2.31. The molecular weight excluding hydrogens is 260 g/mol. The van der Waals surface area contributed by atoms with Crippen molar-refractivity contribution < 1.29 is 4.74 Å². The lowest BCUT2D eigenvalue weighted by Crippen LogP contribution is -2.13. The van der Waals surface area contributed by atoms with E-state index in [1.165, 1.54) is 5.56 Å². The van der Waals surface area contributed by atoms with Crippen molar-refractivity contribution in [3.05, 3.63) is 65.2 Å². The molecule has 3 heteroatoms. The van der Waals surface area contributed by atoms with Crippen molar-refractivity contribution in [1.82, 2.24) is 5.32 Å². The lowest BCUT2D eigenvalue weighted by atomic mass is 10.1. The Morgan fingerprint density at radius 2 is 2.00 bits per heavy atom. The summed E-state index contributed by atoms with van der Waals surface area (Å²) in [6, 6.07) is 17.8. The predicted octanol–water partition coefficient (Wildman–Crippen LogP) is 3.64. The number of hydrogen-bond donors (Lipinski definition) is 1. The molecule has 3 nitrogen and oxygen atoms in total. The zero-order valence-electron chi connectivity index (χ0n) is 12.3. The summed E-state index contributed by atoms with van der Waals surface area (Å²) >= 11 is 0. The zero-order valence-corrected chi connectivity index (χ0v) is 12.3. The maximum atomic E-state index is 9.07. The van der Waals surface area contributed by atoms with Crippen LogP contribution >= 0.6 is 0 Å². The molecule has 2 aromatic rings. The van der Waals surface area contributed by atoms with Crippen molar-refractivity contribution in [2.75, 3.05) is 6.54 Å². The molecule has 0 spiro atoms. The second-order valence-corrected chi connectivity index (χ2v) is 4.88. The minimum atomic E-state index is 0.412. The third-order valence-electron chi connectivity index (χ3n) is 3.19. The van der Waals surface area contributed by atoms with Crippen molar-refractivity contribution in [3.63, 3.8) is 0 Å². The monoisotopic (exact) mass is 280 g/mol. The van der Waals surface area contributed by atoms with E-state index >= 15 is 0 Å². The van der Waals surface area contributed by atoms with Gasteiger partial charge in [0.2, 0.25) is 0 Å². The molecule has 108 valence electrons. The number of hydrogen-bond acceptors (Lipinski definition) is 3. The molecular formula is C18H20N2O. The van der Waals surface area contributed by atoms with Crippen molar-refractivity contribution in [3.8, 4) is 11.8 Å². The average Bonchev–Trinajstić information content (AvgIpc) is 2.54. The Balaban J connectivity index is 1.97. The highest BCUT2D eigenvalue weighted by molar-refractivity contribution is 5.37. The lowest BCUT2D eigenvalue weighted by molar-refractivity contribution is 0.305. The van der Waals surface area contributed by atoms with E-state index in [0.29, 0.717) is 12.2 Å². The van der Waals surface area contributed by atoms with Gasteiger partial charge in [0.25, 0.3) is 0 Å². The van der Waals surface area contributed by atoms with Gasteiger partial charge in [-0.3, -0.25) is 0 Å². The van der Waals surface area contributed by atoms with Crippen LogP contribution in [0.3, 0.4) is 0 Å². The van der Waals surface area contributed by atoms with Gasteiger partial charge in [-0.2, -0.15) is 5.26 Å². The fraction of sp³-hybridized carbons (Fsp3) is 0.278. The predicted molar refractivity (Wildman–Crippen MR) is 83.9 cm³/mol. The summed E-state index contributed by atoms with van der Waals surface area (Å²) in [5.74, 6) is 0.832. The molecule has 0 amide bonds. The van der Waals surface area contributed by atoms with Crippen LogP contribution in [-0.2, 0) is 13.2 Å². The average molecular weight is 280 g/mol. The number of nitrogens with one attached hydrogen (secondary N) is 1. The molecule has 0 heterocycles. The molecule has 0 aliphatic rings. The van der Waals surface area contributed by atoms with Crippen LogP contribution in [0.2, 0.25) is 0 Å². The van der Waals surface area contributed by atoms with E-state index in [1.807, 2.05) is 42.5 Å². The van der Waals surface area contributed by atoms with Gasteiger partial charge in [0, 0.05) is 12.1 Å². The summed E-state index contributed by atoms with van der Waals surface area (Å²) in [5, 5.41) is 12.4. The summed E-state index contributed by atoms with van der Waals surface area (Å²) in [7, 11) is 0. The summed E-state index contributed by atoms with van der Waals surface area (Å²) < 4.78 is 5.80. The van der Waals surface area contributed by atoms with Crippen LogP contribution in [-0.4, -0.2) is 6.54 Å². The number of nitriles is 1. The van der Waals surface area contributed by atoms with Crippen LogP contribution in [0.5, 0.6) is 5.75 Å². The molecule has 0 aliphatic heterocycles. The second-order valence-electron chi connectivity index (χ2n) is 4.88. The van der Waals surface area contributed by atoms with Gasteiger partial charge in [0.15, 0.2) is 0 Å². The third kappa shape index (κ3) is 4.62. The van der Waals surface area contributed by atoms with Crippen LogP contribution in [0.15, 0.2) is 48.5 Å². The first-order chi connectivity index (χ1) is 10.3. The van der Waals surface area contributed by atoms with Gasteiger partial charge in [0.05, 0.1) is 11.6 Å². The smallest absolute Gasteiger partial charge is 0.120 e. The van der Waals surface area contributed by atoms with Gasteiger partial charge < -0.3 is 10.1 Å². The van der Waals surface area contributed by atoms with Crippen molar-refractivity contribution in [2.45, 2.75) is 26.5 Å². The number of ether oxygens (including phenoxy) is 1. The summed E-state index contributed by atoms with van der Waals surface area (Å²) in [5.41, 5.74) is 2.78. The largest absolute Gasteiger partial charge is 0.489 e. The Labute approximate surface area is 126 Å². The van der Waals surface area contributed by atoms with Gasteiger partial charge >= 0.3 is 0 Å². The Kier molecular flexibility index (Phi) is 5.81. The van der Waals surface area contributed by atoms with Crippen LogP contribution in [0.1, 0.15) is 30.0 Å². The molecule has 0 saturated carbocycles. The van der Waals surface area contributed by atoms with E-state index in [4.69, 9.17) is 10.00 Å². The molecule has 0 atom stereocenters. The normalized spacial score (nSPS) is 10.1. The highest BCUT2D eigenvalue weighted by atomic mass is 16.5. The molecule has 0 saturated heterocycles. The first-order valence-electron chi connectivity index (χ1n) is 7.24. The molecule has 0 unspecified atom stereocenters. The van der Waals surface area contributed by atoms with Gasteiger partial charge in [-0.15, -0.1) is 0 Å². The molecule has 2 rings (SSSR count). The van der Waals surface area contributed by atoms with E-state index in [0.717, 1.165) is 30.8 Å². The standard InChI is InChI=1S/C18H20N2O/c1-2-10-20-13-15-6-5-9-18(11-15)21-14-17-8-4-3-7-16(17)12-19/h3-9,11,20H,2,10,13-14H2,1H3. The molecule has 21 heavy (non-hydrogen) atoms. The molecule has 1 N–H and O–H groups in total. The number of nitrogens with zero attached hydrogens (tertiary/aromatic N) is 1. The topological polar surface area (TPSA) is 45.0 Å². The van der Waals surface area contributed by atoms with Crippen LogP contribution in [0.25, 0.3) is 0 Å². The Morgan fingerprint density at radius 3 is 2.81 bits per heavy atom. The van der Waals surface area contributed by atoms with Crippen molar-refractivity contribution in [2.24, 2.45) is 0 Å². The summed E-state index contributed by atoms with van der Waals surface area (Å²) in [4.78, 5) is 0. The summed E-state index contributed by atoms with van der Waals surface area (Å²) in [6.45, 7) is 4.43. The van der Waals surface area contributed by atoms with Gasteiger partial charge in [-0.1, -0.05) is 37.3 Å². The highest BCUT2D eigenvalue weighted by Crippen LogP contribution is 2.16. The van der Waals surface area contributed by atoms with E-state index < -0.39 is 0 Å². The Bertz CT molecular complexity index is 617. The van der Waals surface area contributed by atoms with E-state index in [2.05, 4.69) is 24.4 Å². The quantitative estimate of drug-likeness (QED) is 0.788. The molecule has 0 radical (unpaired) electrons. The first-order valence-corrected chi connectivity index (χ1v) is 7.24. The van der Waals surface area contributed by atoms with Crippen molar-refractivity contribution >= 4 is 0 Å². The minimum absolute atomic E-state index is 0.412. The van der Waals surface area contributed by atoms with Crippen LogP contribution < -0.4 is 10.1 Å². The molecule has 0 aromatic heterocycles. The van der Waals surface area contributed by atoms with E-state index in [-0.39, 0.29) is 0 Å². The summed E-state index contributed by atoms with van der Waals surface area (Å²) in [6.07, 6.45) is 1.13. The van der Waals surface area contributed by atoms with Gasteiger partial charge in [0.1, 0.15) is 12.4 Å². The molecule has 0 aliphatic carbocycles. The van der Waals surface area contributed by atoms with Crippen LogP contribution in [0.4, 0.5) is 0 Å². The van der Waals surface area contributed by atoms with E-state index in [1.54, 1.807) is 0 Å². The number of rotatable bonds is 7. The SMILES string of the molecule is CCCNCc1cccc(OCc2ccccc2C#N)c1. The number of benzene rings is 2. The fourth-order valence-electron chi connectivity index (χ4n) is 2.07. The molecule has 0 fully saturated rings. The maximum Gasteiger partial charge on any atom is 0.120 e. The van der Waals surface area contributed by atoms with Crippen LogP contribution in [0, 0.1) is 11.3 Å². The zero-order chi connectivity index (χ0) is 14.9. The minimum Gasteiger partial charge on any atom is -0.489 e.